The average Bonchev–Trinajstić information content (AvgIpc) is 3.09. The molecule has 1 fully saturated rings. The number of halogens is 1. The highest BCUT2D eigenvalue weighted by atomic mass is 35.5. The van der Waals surface area contributed by atoms with Gasteiger partial charge in [-0.15, -0.1) is 11.3 Å². The SMILES string of the molecule is Cc1ncsc1C(=O)N[C@@H]1CCO[C@@H]1c1ccc(Cl)cc1. The summed E-state index contributed by atoms with van der Waals surface area (Å²) < 4.78 is 5.77. The maximum absolute atomic E-state index is 12.3. The highest BCUT2D eigenvalue weighted by molar-refractivity contribution is 7.11. The van der Waals surface area contributed by atoms with E-state index in [9.17, 15) is 4.79 Å². The van der Waals surface area contributed by atoms with Crippen LogP contribution in [0.2, 0.25) is 5.02 Å². The number of rotatable bonds is 3. The van der Waals surface area contributed by atoms with Crippen molar-refractivity contribution in [2.75, 3.05) is 6.61 Å². The van der Waals surface area contributed by atoms with Crippen molar-refractivity contribution in [3.05, 3.63) is 50.9 Å². The van der Waals surface area contributed by atoms with E-state index in [1.54, 1.807) is 5.51 Å². The minimum absolute atomic E-state index is 0.0276. The molecule has 0 saturated carbocycles. The maximum atomic E-state index is 12.3. The molecule has 0 aliphatic carbocycles. The van der Waals surface area contributed by atoms with E-state index in [0.717, 1.165) is 17.7 Å². The van der Waals surface area contributed by atoms with Crippen LogP contribution in [0.1, 0.15) is 33.5 Å². The van der Waals surface area contributed by atoms with Gasteiger partial charge in [-0.3, -0.25) is 4.79 Å². The first-order valence-corrected chi connectivity index (χ1v) is 7.99. The van der Waals surface area contributed by atoms with Crippen LogP contribution in [-0.4, -0.2) is 23.5 Å². The average molecular weight is 323 g/mol. The van der Waals surface area contributed by atoms with E-state index in [0.29, 0.717) is 16.5 Å². The lowest BCUT2D eigenvalue weighted by atomic mass is 10.0. The first-order chi connectivity index (χ1) is 10.1. The Morgan fingerprint density at radius 1 is 1.43 bits per heavy atom. The normalized spacial score (nSPS) is 21.4. The molecule has 1 amide bonds. The van der Waals surface area contributed by atoms with Gasteiger partial charge in [-0.25, -0.2) is 4.98 Å². The quantitative estimate of drug-likeness (QED) is 0.942. The van der Waals surface area contributed by atoms with Gasteiger partial charge in [-0.05, 0) is 31.0 Å². The lowest BCUT2D eigenvalue weighted by Crippen LogP contribution is -2.36. The zero-order valence-corrected chi connectivity index (χ0v) is 13.1. The number of nitrogens with zero attached hydrogens (tertiary/aromatic N) is 1. The van der Waals surface area contributed by atoms with E-state index in [4.69, 9.17) is 16.3 Å². The van der Waals surface area contributed by atoms with E-state index >= 15 is 0 Å². The predicted molar refractivity (Wildman–Crippen MR) is 82.9 cm³/mol. The summed E-state index contributed by atoms with van der Waals surface area (Å²) in [6.07, 6.45) is 0.677. The van der Waals surface area contributed by atoms with Crippen LogP contribution >= 0.6 is 22.9 Å². The Labute approximate surface area is 132 Å². The van der Waals surface area contributed by atoms with Gasteiger partial charge in [0, 0.05) is 11.6 Å². The molecule has 1 N–H and O–H groups in total. The Kier molecular flexibility index (Phi) is 4.24. The van der Waals surface area contributed by atoms with Gasteiger partial charge in [0.1, 0.15) is 11.0 Å². The number of hydrogen-bond donors (Lipinski definition) is 1. The smallest absolute Gasteiger partial charge is 0.263 e. The van der Waals surface area contributed by atoms with Crippen LogP contribution in [0.3, 0.4) is 0 Å². The Hall–Kier alpha value is -1.43. The second kappa shape index (κ2) is 6.13. The fourth-order valence-corrected chi connectivity index (χ4v) is 3.30. The zero-order chi connectivity index (χ0) is 14.8. The Morgan fingerprint density at radius 3 is 2.86 bits per heavy atom. The van der Waals surface area contributed by atoms with Gasteiger partial charge in [0.15, 0.2) is 0 Å². The Bertz CT molecular complexity index is 641. The monoisotopic (exact) mass is 322 g/mol. The van der Waals surface area contributed by atoms with Crippen LogP contribution in [0.25, 0.3) is 0 Å². The molecule has 0 unspecified atom stereocenters. The van der Waals surface area contributed by atoms with Crippen LogP contribution in [0.5, 0.6) is 0 Å². The van der Waals surface area contributed by atoms with Crippen molar-refractivity contribution < 1.29 is 9.53 Å². The zero-order valence-electron chi connectivity index (χ0n) is 11.5. The minimum Gasteiger partial charge on any atom is -0.371 e. The third-order valence-electron chi connectivity index (χ3n) is 3.56. The molecule has 4 nitrogen and oxygen atoms in total. The summed E-state index contributed by atoms with van der Waals surface area (Å²) in [6, 6.07) is 7.53. The van der Waals surface area contributed by atoms with E-state index in [1.165, 1.54) is 11.3 Å². The third kappa shape index (κ3) is 3.10. The number of carbonyl (C=O) groups is 1. The highest BCUT2D eigenvalue weighted by Gasteiger charge is 2.31. The van der Waals surface area contributed by atoms with Crippen molar-refractivity contribution in [2.24, 2.45) is 0 Å². The van der Waals surface area contributed by atoms with Crippen molar-refractivity contribution in [2.45, 2.75) is 25.5 Å². The molecule has 1 aliphatic heterocycles. The van der Waals surface area contributed by atoms with Crippen LogP contribution in [0.15, 0.2) is 29.8 Å². The molecular formula is C15H15ClN2O2S. The Morgan fingerprint density at radius 2 is 2.19 bits per heavy atom. The third-order valence-corrected chi connectivity index (χ3v) is 4.74. The summed E-state index contributed by atoms with van der Waals surface area (Å²) in [5, 5.41) is 3.75. The summed E-state index contributed by atoms with van der Waals surface area (Å²) >= 11 is 7.27. The summed E-state index contributed by atoms with van der Waals surface area (Å²) in [5.74, 6) is -0.0792. The number of aromatic nitrogens is 1. The first kappa shape index (κ1) is 14.5. The van der Waals surface area contributed by atoms with E-state index in [2.05, 4.69) is 10.3 Å². The molecule has 0 radical (unpaired) electrons. The van der Waals surface area contributed by atoms with Gasteiger partial charge in [-0.2, -0.15) is 0 Å². The second-order valence-electron chi connectivity index (χ2n) is 4.98. The van der Waals surface area contributed by atoms with E-state index in [1.807, 2.05) is 31.2 Å². The molecule has 0 bridgehead atoms. The lowest BCUT2D eigenvalue weighted by Gasteiger charge is -2.20. The molecule has 1 aliphatic rings. The number of ether oxygens (including phenoxy) is 1. The summed E-state index contributed by atoms with van der Waals surface area (Å²) in [6.45, 7) is 2.48. The van der Waals surface area contributed by atoms with Gasteiger partial charge >= 0.3 is 0 Å². The first-order valence-electron chi connectivity index (χ1n) is 6.73. The molecule has 2 aromatic rings. The molecule has 1 aromatic carbocycles. The maximum Gasteiger partial charge on any atom is 0.263 e. The van der Waals surface area contributed by atoms with Crippen LogP contribution in [0.4, 0.5) is 0 Å². The number of hydrogen-bond acceptors (Lipinski definition) is 4. The topological polar surface area (TPSA) is 51.2 Å². The van der Waals surface area contributed by atoms with Crippen molar-refractivity contribution in [1.82, 2.24) is 10.3 Å². The highest BCUT2D eigenvalue weighted by Crippen LogP contribution is 2.30. The fraction of sp³-hybridized carbons (Fsp3) is 0.333. The Balaban J connectivity index is 1.74. The van der Waals surface area contributed by atoms with E-state index < -0.39 is 0 Å². The molecule has 0 spiro atoms. The lowest BCUT2D eigenvalue weighted by molar-refractivity contribution is 0.0824. The number of benzene rings is 1. The molecule has 3 rings (SSSR count). The number of thiazole rings is 1. The predicted octanol–water partition coefficient (Wildman–Crippen LogP) is 3.36. The van der Waals surface area contributed by atoms with Crippen LogP contribution in [0, 0.1) is 6.92 Å². The van der Waals surface area contributed by atoms with Gasteiger partial charge in [0.2, 0.25) is 0 Å². The largest absolute Gasteiger partial charge is 0.371 e. The van der Waals surface area contributed by atoms with Crippen molar-refractivity contribution in [1.29, 1.82) is 0 Å². The summed E-state index contributed by atoms with van der Waals surface area (Å²) in [4.78, 5) is 17.1. The van der Waals surface area contributed by atoms with Gasteiger partial charge in [-0.1, -0.05) is 23.7 Å². The molecular weight excluding hydrogens is 308 g/mol. The summed E-state index contributed by atoms with van der Waals surface area (Å²) in [5.41, 5.74) is 3.48. The number of nitrogens with one attached hydrogen (secondary N) is 1. The number of aryl methyl sites for hydroxylation is 1. The molecule has 110 valence electrons. The second-order valence-corrected chi connectivity index (χ2v) is 6.27. The minimum atomic E-state index is -0.126. The number of amides is 1. The van der Waals surface area contributed by atoms with E-state index in [-0.39, 0.29) is 18.1 Å². The summed E-state index contributed by atoms with van der Waals surface area (Å²) in [7, 11) is 0. The van der Waals surface area contributed by atoms with Crippen molar-refractivity contribution in [3.63, 3.8) is 0 Å². The standard InChI is InChI=1S/C15H15ClN2O2S/c1-9-14(21-8-17-9)15(19)18-12-6-7-20-13(12)10-2-4-11(16)5-3-10/h2-5,8,12-13H,6-7H2,1H3,(H,18,19)/t12-,13-/m1/s1. The van der Waals surface area contributed by atoms with Crippen molar-refractivity contribution in [3.8, 4) is 0 Å². The van der Waals surface area contributed by atoms with Crippen LogP contribution in [-0.2, 0) is 4.74 Å². The number of carbonyl (C=O) groups excluding carboxylic acids is 1. The molecule has 1 saturated heterocycles. The molecule has 2 heterocycles. The van der Waals surface area contributed by atoms with Gasteiger partial charge in [0.05, 0.1) is 17.2 Å². The van der Waals surface area contributed by atoms with Gasteiger partial charge < -0.3 is 10.1 Å². The van der Waals surface area contributed by atoms with Crippen molar-refractivity contribution >= 4 is 28.8 Å². The fourth-order valence-electron chi connectivity index (χ4n) is 2.47. The molecule has 6 heteroatoms. The molecule has 2 atom stereocenters. The van der Waals surface area contributed by atoms with Crippen LogP contribution < -0.4 is 5.32 Å². The molecule has 1 aromatic heterocycles. The van der Waals surface area contributed by atoms with Gasteiger partial charge in [0.25, 0.3) is 5.91 Å². The molecule has 21 heavy (non-hydrogen) atoms.